The Labute approximate surface area is 179 Å². The lowest BCUT2D eigenvalue weighted by atomic mass is 10.00. The fraction of sp³-hybridized carbons (Fsp3) is 0.292. The number of benzene rings is 2. The standard InChI is InChI=1S/C24H23N3O2S/c28-22(26-14-12-18(13-15-26)17-6-2-1-3-7-17)16-30-24-25-21-9-5-4-8-20(21)23(29)27(24)19-10-11-19/h1-9,12,19H,10-11,13-16H2. The minimum absolute atomic E-state index is 0.00598. The Balaban J connectivity index is 1.30. The van der Waals surface area contributed by atoms with Crippen LogP contribution in [0, 0.1) is 0 Å². The maximum Gasteiger partial charge on any atom is 0.262 e. The van der Waals surface area contributed by atoms with Gasteiger partial charge in [-0.2, -0.15) is 0 Å². The highest BCUT2D eigenvalue weighted by Crippen LogP contribution is 2.37. The topological polar surface area (TPSA) is 55.2 Å². The van der Waals surface area contributed by atoms with Crippen molar-refractivity contribution in [3.05, 3.63) is 76.6 Å². The third kappa shape index (κ3) is 3.79. The summed E-state index contributed by atoms with van der Waals surface area (Å²) in [5, 5.41) is 1.31. The van der Waals surface area contributed by atoms with Crippen molar-refractivity contribution in [3.8, 4) is 0 Å². The van der Waals surface area contributed by atoms with Gasteiger partial charge >= 0.3 is 0 Å². The number of rotatable bonds is 5. The molecule has 1 aromatic heterocycles. The van der Waals surface area contributed by atoms with Crippen LogP contribution in [0.5, 0.6) is 0 Å². The first-order valence-corrected chi connectivity index (χ1v) is 11.4. The molecule has 0 bridgehead atoms. The minimum Gasteiger partial charge on any atom is -0.338 e. The predicted molar refractivity (Wildman–Crippen MR) is 121 cm³/mol. The fourth-order valence-corrected chi connectivity index (χ4v) is 4.88. The van der Waals surface area contributed by atoms with E-state index in [4.69, 9.17) is 4.98 Å². The molecule has 0 saturated heterocycles. The third-order valence-corrected chi connectivity index (χ3v) is 6.66. The minimum atomic E-state index is 0.00598. The molecule has 6 heteroatoms. The van der Waals surface area contributed by atoms with Crippen LogP contribution in [-0.4, -0.2) is 39.2 Å². The van der Waals surface area contributed by atoms with E-state index in [1.165, 1.54) is 22.9 Å². The molecule has 0 spiro atoms. The number of para-hydroxylation sites is 1. The van der Waals surface area contributed by atoms with Gasteiger partial charge in [-0.15, -0.1) is 0 Å². The molecule has 152 valence electrons. The first-order valence-electron chi connectivity index (χ1n) is 10.4. The molecule has 1 aliphatic heterocycles. The van der Waals surface area contributed by atoms with Crippen molar-refractivity contribution in [2.75, 3.05) is 18.8 Å². The van der Waals surface area contributed by atoms with Crippen LogP contribution in [0.2, 0.25) is 0 Å². The van der Waals surface area contributed by atoms with E-state index < -0.39 is 0 Å². The molecule has 1 amide bonds. The normalized spacial score (nSPS) is 16.5. The number of amides is 1. The molecule has 1 fully saturated rings. The van der Waals surface area contributed by atoms with Gasteiger partial charge in [0.25, 0.3) is 5.56 Å². The van der Waals surface area contributed by atoms with Crippen molar-refractivity contribution in [3.63, 3.8) is 0 Å². The number of hydrogen-bond donors (Lipinski definition) is 0. The molecule has 5 rings (SSSR count). The number of hydrogen-bond acceptors (Lipinski definition) is 4. The average molecular weight is 418 g/mol. The summed E-state index contributed by atoms with van der Waals surface area (Å²) in [7, 11) is 0. The highest BCUT2D eigenvalue weighted by atomic mass is 32.2. The zero-order valence-corrected chi connectivity index (χ0v) is 17.5. The smallest absolute Gasteiger partial charge is 0.262 e. The van der Waals surface area contributed by atoms with E-state index in [9.17, 15) is 9.59 Å². The van der Waals surface area contributed by atoms with Crippen LogP contribution in [0.4, 0.5) is 0 Å². The average Bonchev–Trinajstić information content (AvgIpc) is 3.63. The van der Waals surface area contributed by atoms with E-state index in [2.05, 4.69) is 18.2 Å². The number of carbonyl (C=O) groups is 1. The van der Waals surface area contributed by atoms with Crippen LogP contribution < -0.4 is 5.56 Å². The first kappa shape index (κ1) is 19.1. The van der Waals surface area contributed by atoms with Crippen molar-refractivity contribution in [1.82, 2.24) is 14.5 Å². The summed E-state index contributed by atoms with van der Waals surface area (Å²) in [6.45, 7) is 1.35. The van der Waals surface area contributed by atoms with Crippen molar-refractivity contribution in [2.24, 2.45) is 0 Å². The summed E-state index contributed by atoms with van der Waals surface area (Å²) in [5.41, 5.74) is 3.23. The van der Waals surface area contributed by atoms with Crippen LogP contribution >= 0.6 is 11.8 Å². The number of carbonyl (C=O) groups excluding carboxylic acids is 1. The summed E-state index contributed by atoms with van der Waals surface area (Å²) < 4.78 is 1.80. The molecule has 1 saturated carbocycles. The Bertz CT molecular complexity index is 1180. The maximum absolute atomic E-state index is 13.0. The molecule has 0 atom stereocenters. The van der Waals surface area contributed by atoms with Gasteiger partial charge in [-0.3, -0.25) is 14.2 Å². The number of thioether (sulfide) groups is 1. The number of aromatic nitrogens is 2. The van der Waals surface area contributed by atoms with Crippen LogP contribution in [-0.2, 0) is 4.79 Å². The molecule has 0 unspecified atom stereocenters. The van der Waals surface area contributed by atoms with E-state index in [1.807, 2.05) is 47.4 Å². The summed E-state index contributed by atoms with van der Waals surface area (Å²) >= 11 is 1.38. The summed E-state index contributed by atoms with van der Waals surface area (Å²) in [5.74, 6) is 0.388. The molecule has 0 N–H and O–H groups in total. The second kappa shape index (κ2) is 8.11. The Morgan fingerprint density at radius 2 is 1.83 bits per heavy atom. The van der Waals surface area contributed by atoms with Crippen molar-refractivity contribution < 1.29 is 4.79 Å². The molecule has 0 radical (unpaired) electrons. The van der Waals surface area contributed by atoms with Gasteiger partial charge in [0, 0.05) is 19.1 Å². The van der Waals surface area contributed by atoms with Gasteiger partial charge in [-0.05, 0) is 42.5 Å². The summed E-state index contributed by atoms with van der Waals surface area (Å²) in [6.07, 6.45) is 5.01. The van der Waals surface area contributed by atoms with E-state index >= 15 is 0 Å². The van der Waals surface area contributed by atoms with E-state index in [0.29, 0.717) is 28.4 Å². The Kier molecular flexibility index (Phi) is 5.17. The Hall–Kier alpha value is -2.86. The van der Waals surface area contributed by atoms with Crippen LogP contribution in [0.15, 0.2) is 70.6 Å². The lowest BCUT2D eigenvalue weighted by Gasteiger charge is -2.26. The maximum atomic E-state index is 13.0. The van der Waals surface area contributed by atoms with Crippen molar-refractivity contribution in [2.45, 2.75) is 30.5 Å². The van der Waals surface area contributed by atoms with E-state index in [-0.39, 0.29) is 17.5 Å². The highest BCUT2D eigenvalue weighted by Gasteiger charge is 2.29. The van der Waals surface area contributed by atoms with E-state index in [0.717, 1.165) is 25.8 Å². The van der Waals surface area contributed by atoms with Crippen molar-refractivity contribution in [1.29, 1.82) is 0 Å². The fourth-order valence-electron chi connectivity index (χ4n) is 3.91. The molecule has 3 aromatic rings. The second-order valence-corrected chi connectivity index (χ2v) is 8.73. The van der Waals surface area contributed by atoms with Crippen molar-refractivity contribution >= 4 is 34.1 Å². The summed E-state index contributed by atoms with van der Waals surface area (Å²) in [4.78, 5) is 32.4. The lowest BCUT2D eigenvalue weighted by molar-refractivity contribution is -0.127. The van der Waals surface area contributed by atoms with Gasteiger partial charge in [-0.25, -0.2) is 4.98 Å². The molecular formula is C24H23N3O2S. The monoisotopic (exact) mass is 417 g/mol. The molecule has 5 nitrogen and oxygen atoms in total. The SMILES string of the molecule is O=C(CSc1nc2ccccc2c(=O)n1C1CC1)N1CC=C(c2ccccc2)CC1. The first-order chi connectivity index (χ1) is 14.7. The van der Waals surface area contributed by atoms with Gasteiger partial charge in [-0.1, -0.05) is 60.3 Å². The molecule has 30 heavy (non-hydrogen) atoms. The molecular weight excluding hydrogens is 394 g/mol. The zero-order valence-electron chi connectivity index (χ0n) is 16.7. The number of fused-ring (bicyclic) bond motifs is 1. The van der Waals surface area contributed by atoms with Gasteiger partial charge in [0.1, 0.15) is 0 Å². The van der Waals surface area contributed by atoms with Gasteiger partial charge in [0.05, 0.1) is 16.7 Å². The largest absolute Gasteiger partial charge is 0.338 e. The van der Waals surface area contributed by atoms with Crippen LogP contribution in [0.1, 0.15) is 30.9 Å². The molecule has 1 aliphatic carbocycles. The third-order valence-electron chi connectivity index (χ3n) is 5.72. The molecule has 2 heterocycles. The van der Waals surface area contributed by atoms with Crippen LogP contribution in [0.25, 0.3) is 16.5 Å². The van der Waals surface area contributed by atoms with Gasteiger partial charge < -0.3 is 4.90 Å². The number of nitrogens with zero attached hydrogens (tertiary/aromatic N) is 3. The zero-order chi connectivity index (χ0) is 20.5. The molecule has 2 aromatic carbocycles. The molecule has 2 aliphatic rings. The highest BCUT2D eigenvalue weighted by molar-refractivity contribution is 7.99. The quantitative estimate of drug-likeness (QED) is 0.463. The Morgan fingerprint density at radius 3 is 2.57 bits per heavy atom. The van der Waals surface area contributed by atoms with Crippen LogP contribution in [0.3, 0.4) is 0 Å². The summed E-state index contributed by atoms with van der Waals surface area (Å²) in [6, 6.07) is 18.0. The van der Waals surface area contributed by atoms with Gasteiger partial charge in [0.2, 0.25) is 5.91 Å². The second-order valence-electron chi connectivity index (χ2n) is 7.79. The van der Waals surface area contributed by atoms with E-state index in [1.54, 1.807) is 4.57 Å². The Morgan fingerprint density at radius 1 is 1.07 bits per heavy atom. The van der Waals surface area contributed by atoms with Gasteiger partial charge in [0.15, 0.2) is 5.16 Å². The lowest BCUT2D eigenvalue weighted by Crippen LogP contribution is -2.36. The predicted octanol–water partition coefficient (Wildman–Crippen LogP) is 4.14.